The van der Waals surface area contributed by atoms with E-state index < -0.39 is 5.82 Å². The summed E-state index contributed by atoms with van der Waals surface area (Å²) >= 11 is 0. The Morgan fingerprint density at radius 2 is 1.67 bits per heavy atom. The van der Waals surface area contributed by atoms with E-state index in [4.69, 9.17) is 4.74 Å². The van der Waals surface area contributed by atoms with Crippen LogP contribution in [0.1, 0.15) is 20.7 Å². The summed E-state index contributed by atoms with van der Waals surface area (Å²) in [7, 11) is 0. The lowest BCUT2D eigenvalue weighted by Gasteiger charge is -2.26. The van der Waals surface area contributed by atoms with Crippen molar-refractivity contribution in [3.63, 3.8) is 0 Å². The summed E-state index contributed by atoms with van der Waals surface area (Å²) in [5.74, 6) is -0.961. The van der Waals surface area contributed by atoms with Crippen LogP contribution in [0.2, 0.25) is 0 Å². The highest BCUT2D eigenvalue weighted by atomic mass is 19.1. The van der Waals surface area contributed by atoms with Crippen LogP contribution in [0, 0.1) is 5.82 Å². The zero-order chi connectivity index (χ0) is 19.1. The summed E-state index contributed by atoms with van der Waals surface area (Å²) in [5, 5.41) is 5.50. The van der Waals surface area contributed by atoms with E-state index in [-0.39, 0.29) is 11.8 Å². The number of rotatable bonds is 6. The van der Waals surface area contributed by atoms with E-state index in [0.717, 1.165) is 32.8 Å². The highest BCUT2D eigenvalue weighted by Gasteiger charge is 2.12. The molecular formula is C20H22FN3O3. The molecule has 0 aliphatic carbocycles. The smallest absolute Gasteiger partial charge is 0.255 e. The van der Waals surface area contributed by atoms with E-state index in [0.29, 0.717) is 23.4 Å². The number of nitrogens with zero attached hydrogens (tertiary/aromatic N) is 1. The van der Waals surface area contributed by atoms with Crippen molar-refractivity contribution in [3.05, 3.63) is 65.5 Å². The van der Waals surface area contributed by atoms with Crippen molar-refractivity contribution in [1.29, 1.82) is 0 Å². The Kier molecular flexibility index (Phi) is 6.51. The number of hydrogen-bond acceptors (Lipinski definition) is 4. The van der Waals surface area contributed by atoms with Gasteiger partial charge in [-0.15, -0.1) is 0 Å². The number of halogens is 1. The first-order valence-corrected chi connectivity index (χ1v) is 8.87. The van der Waals surface area contributed by atoms with Crippen LogP contribution >= 0.6 is 0 Å². The zero-order valence-electron chi connectivity index (χ0n) is 14.9. The Balaban J connectivity index is 1.49. The molecule has 142 valence electrons. The number of morpholine rings is 1. The van der Waals surface area contributed by atoms with E-state index in [2.05, 4.69) is 15.5 Å². The molecule has 1 fully saturated rings. The van der Waals surface area contributed by atoms with Gasteiger partial charge in [-0.1, -0.05) is 6.07 Å². The van der Waals surface area contributed by atoms with E-state index in [9.17, 15) is 14.0 Å². The summed E-state index contributed by atoms with van der Waals surface area (Å²) in [4.78, 5) is 26.6. The summed E-state index contributed by atoms with van der Waals surface area (Å²) in [5.41, 5.74) is 1.26. The normalized spacial score (nSPS) is 14.6. The van der Waals surface area contributed by atoms with E-state index in [1.54, 1.807) is 30.3 Å². The Morgan fingerprint density at radius 3 is 2.33 bits per heavy atom. The first-order valence-electron chi connectivity index (χ1n) is 8.87. The lowest BCUT2D eigenvalue weighted by Crippen LogP contribution is -2.41. The number of carbonyl (C=O) groups excluding carboxylic acids is 2. The summed E-state index contributed by atoms with van der Waals surface area (Å²) < 4.78 is 18.5. The summed E-state index contributed by atoms with van der Waals surface area (Å²) in [6.07, 6.45) is 0. The molecule has 2 aromatic carbocycles. The van der Waals surface area contributed by atoms with Crippen LogP contribution < -0.4 is 10.6 Å². The van der Waals surface area contributed by atoms with E-state index >= 15 is 0 Å². The standard InChI is InChI=1S/C20H22FN3O3/c21-17-2-1-3-18(14-17)23-20(26)16-6-4-15(5-7-16)19(25)22-8-9-24-10-12-27-13-11-24/h1-7,14H,8-13H2,(H,22,25)(H,23,26). The van der Waals surface area contributed by atoms with Gasteiger partial charge in [0.05, 0.1) is 13.2 Å². The molecule has 2 N–H and O–H groups in total. The fourth-order valence-electron chi connectivity index (χ4n) is 2.80. The van der Waals surface area contributed by atoms with Gasteiger partial charge in [-0.25, -0.2) is 4.39 Å². The Labute approximate surface area is 157 Å². The third-order valence-electron chi connectivity index (χ3n) is 4.31. The fourth-order valence-corrected chi connectivity index (χ4v) is 2.80. The molecule has 0 spiro atoms. The molecule has 0 atom stereocenters. The highest BCUT2D eigenvalue weighted by molar-refractivity contribution is 6.05. The van der Waals surface area contributed by atoms with Gasteiger partial charge in [0.2, 0.25) is 0 Å². The van der Waals surface area contributed by atoms with E-state index in [1.165, 1.54) is 18.2 Å². The van der Waals surface area contributed by atoms with Crippen LogP contribution in [0.4, 0.5) is 10.1 Å². The van der Waals surface area contributed by atoms with Gasteiger partial charge in [-0.3, -0.25) is 14.5 Å². The minimum atomic E-state index is -0.420. The van der Waals surface area contributed by atoms with Crippen molar-refractivity contribution in [2.24, 2.45) is 0 Å². The van der Waals surface area contributed by atoms with Crippen molar-refractivity contribution >= 4 is 17.5 Å². The maximum absolute atomic E-state index is 13.2. The van der Waals surface area contributed by atoms with Crippen molar-refractivity contribution in [1.82, 2.24) is 10.2 Å². The largest absolute Gasteiger partial charge is 0.379 e. The molecule has 1 saturated heterocycles. The van der Waals surface area contributed by atoms with E-state index in [1.807, 2.05) is 0 Å². The molecule has 1 aliphatic rings. The van der Waals surface area contributed by atoms with Gasteiger partial charge in [0, 0.05) is 43.0 Å². The molecule has 1 aliphatic heterocycles. The van der Waals surface area contributed by atoms with Gasteiger partial charge in [-0.2, -0.15) is 0 Å². The molecule has 0 unspecified atom stereocenters. The predicted octanol–water partition coefficient (Wildman–Crippen LogP) is 2.14. The van der Waals surface area contributed by atoms with Gasteiger partial charge in [0.1, 0.15) is 5.82 Å². The van der Waals surface area contributed by atoms with Crippen LogP contribution in [0.15, 0.2) is 48.5 Å². The topological polar surface area (TPSA) is 70.7 Å². The molecule has 2 aromatic rings. The average molecular weight is 371 g/mol. The minimum absolute atomic E-state index is 0.180. The lowest BCUT2D eigenvalue weighted by molar-refractivity contribution is 0.0383. The first-order chi connectivity index (χ1) is 13.1. The quantitative estimate of drug-likeness (QED) is 0.816. The number of anilines is 1. The van der Waals surface area contributed by atoms with Crippen LogP contribution in [-0.2, 0) is 4.74 Å². The van der Waals surface area contributed by atoms with Crippen LogP contribution in [0.25, 0.3) is 0 Å². The van der Waals surface area contributed by atoms with Crippen molar-refractivity contribution in [2.75, 3.05) is 44.7 Å². The molecule has 6 nitrogen and oxygen atoms in total. The van der Waals surface area contributed by atoms with Crippen LogP contribution in [0.5, 0.6) is 0 Å². The van der Waals surface area contributed by atoms with Gasteiger partial charge >= 0.3 is 0 Å². The van der Waals surface area contributed by atoms with Crippen molar-refractivity contribution in [3.8, 4) is 0 Å². The number of amides is 2. The second-order valence-corrected chi connectivity index (χ2v) is 6.25. The van der Waals surface area contributed by atoms with Gasteiger partial charge in [-0.05, 0) is 42.5 Å². The molecule has 2 amide bonds. The predicted molar refractivity (Wildman–Crippen MR) is 100 cm³/mol. The van der Waals surface area contributed by atoms with Crippen molar-refractivity contribution < 1.29 is 18.7 Å². The SMILES string of the molecule is O=C(NCCN1CCOCC1)c1ccc(C(=O)Nc2cccc(F)c2)cc1. The average Bonchev–Trinajstić information content (AvgIpc) is 2.69. The highest BCUT2D eigenvalue weighted by Crippen LogP contribution is 2.12. The first kappa shape index (κ1) is 19.0. The Bertz CT molecular complexity index is 789. The molecule has 0 aromatic heterocycles. The number of nitrogens with one attached hydrogen (secondary N) is 2. The third-order valence-corrected chi connectivity index (χ3v) is 4.31. The Morgan fingerprint density at radius 1 is 1.00 bits per heavy atom. The molecule has 0 radical (unpaired) electrons. The molecule has 7 heteroatoms. The maximum atomic E-state index is 13.2. The van der Waals surface area contributed by atoms with Crippen LogP contribution in [-0.4, -0.2) is 56.1 Å². The monoisotopic (exact) mass is 371 g/mol. The molecule has 3 rings (SSSR count). The van der Waals surface area contributed by atoms with Gasteiger partial charge in [0.25, 0.3) is 11.8 Å². The summed E-state index contributed by atoms with van der Waals surface area (Å²) in [6.45, 7) is 4.56. The maximum Gasteiger partial charge on any atom is 0.255 e. The second kappa shape index (κ2) is 9.25. The second-order valence-electron chi connectivity index (χ2n) is 6.25. The van der Waals surface area contributed by atoms with Gasteiger partial charge in [0.15, 0.2) is 0 Å². The Hall–Kier alpha value is -2.77. The number of benzene rings is 2. The number of ether oxygens (including phenoxy) is 1. The summed E-state index contributed by atoms with van der Waals surface area (Å²) in [6, 6.07) is 12.0. The molecule has 0 bridgehead atoms. The molecular weight excluding hydrogens is 349 g/mol. The van der Waals surface area contributed by atoms with Crippen molar-refractivity contribution in [2.45, 2.75) is 0 Å². The fraction of sp³-hybridized carbons (Fsp3) is 0.300. The van der Waals surface area contributed by atoms with Gasteiger partial charge < -0.3 is 15.4 Å². The number of carbonyl (C=O) groups is 2. The zero-order valence-corrected chi connectivity index (χ0v) is 14.9. The molecule has 1 heterocycles. The minimum Gasteiger partial charge on any atom is -0.379 e. The number of hydrogen-bond donors (Lipinski definition) is 2. The molecule has 27 heavy (non-hydrogen) atoms. The van der Waals surface area contributed by atoms with Crippen LogP contribution in [0.3, 0.4) is 0 Å². The third kappa shape index (κ3) is 5.60. The lowest BCUT2D eigenvalue weighted by atomic mass is 10.1. The molecule has 0 saturated carbocycles.